The summed E-state index contributed by atoms with van der Waals surface area (Å²) in [6, 6.07) is 0. The van der Waals surface area contributed by atoms with Crippen molar-refractivity contribution in [3.8, 4) is 0 Å². The maximum absolute atomic E-state index is 12.5. The number of halogens is 11. The molecular weight excluding hydrogens is 347 g/mol. The lowest BCUT2D eigenvalue weighted by molar-refractivity contribution is -0.413. The van der Waals surface area contributed by atoms with E-state index in [-0.39, 0.29) is 0 Å². The van der Waals surface area contributed by atoms with Gasteiger partial charge in [0, 0.05) is 0 Å². The number of nitrogens with one attached hydrogen (secondary N) is 1. The molecule has 121 valence electrons. The van der Waals surface area contributed by atoms with E-state index in [1.807, 2.05) is 0 Å². The average molecular weight is 348 g/mol. The molecule has 0 bridgehead atoms. The van der Waals surface area contributed by atoms with Gasteiger partial charge in [-0.2, -0.15) is 48.3 Å². The zero-order valence-electron chi connectivity index (χ0n) is 8.38. The van der Waals surface area contributed by atoms with Crippen molar-refractivity contribution in [2.24, 2.45) is 0 Å². The van der Waals surface area contributed by atoms with Crippen LogP contribution in [0, 0.1) is 0 Å². The third-order valence-corrected chi connectivity index (χ3v) is 2.78. The van der Waals surface area contributed by atoms with Gasteiger partial charge in [0.2, 0.25) is 0 Å². The van der Waals surface area contributed by atoms with E-state index < -0.39 is 39.2 Å². The highest BCUT2D eigenvalue weighted by Crippen LogP contribution is 2.58. The number of sulfonamides is 1. The van der Waals surface area contributed by atoms with Crippen LogP contribution in [0.2, 0.25) is 0 Å². The molecule has 0 saturated carbocycles. The van der Waals surface area contributed by atoms with E-state index in [1.165, 1.54) is 0 Å². The van der Waals surface area contributed by atoms with Crippen molar-refractivity contribution in [1.29, 1.82) is 0 Å². The van der Waals surface area contributed by atoms with Crippen LogP contribution < -0.4 is 5.14 Å². The summed E-state index contributed by atoms with van der Waals surface area (Å²) in [5.41, 5.74) is 0. The Morgan fingerprint density at radius 2 is 0.900 bits per heavy atom. The van der Waals surface area contributed by atoms with Crippen LogP contribution in [0.25, 0.3) is 0 Å². The molecule has 0 unspecified atom stereocenters. The van der Waals surface area contributed by atoms with Gasteiger partial charge < -0.3 is 0 Å². The van der Waals surface area contributed by atoms with Crippen LogP contribution >= 0.6 is 0 Å². The zero-order chi connectivity index (χ0) is 17.0. The fourth-order valence-corrected chi connectivity index (χ4v) is 1.19. The lowest BCUT2D eigenvalue weighted by Crippen LogP contribution is -2.68. The van der Waals surface area contributed by atoms with E-state index in [0.29, 0.717) is 0 Å². The van der Waals surface area contributed by atoms with Crippen LogP contribution in [0.3, 0.4) is 0 Å². The van der Waals surface area contributed by atoms with E-state index in [9.17, 15) is 56.7 Å². The summed E-state index contributed by atoms with van der Waals surface area (Å²) in [5, 5.41) is -1.67. The van der Waals surface area contributed by atoms with E-state index in [0.717, 1.165) is 0 Å². The van der Waals surface area contributed by atoms with Crippen molar-refractivity contribution in [2.75, 3.05) is 0 Å². The van der Waals surface area contributed by atoms with E-state index in [1.54, 1.807) is 0 Å². The molecule has 0 saturated heterocycles. The fourth-order valence-electron chi connectivity index (χ4n) is 0.727. The quantitative estimate of drug-likeness (QED) is 0.734. The standard InChI is InChI=1S/C5HF11NO2S/c6-1(7,2(8,9)4(12,13)14)3(10,11)5(15,16)20(17,18)19/h17H. The summed E-state index contributed by atoms with van der Waals surface area (Å²) in [7, 11) is -7.16. The number of hydrogen-bond donors (Lipinski definition) is 0. The van der Waals surface area contributed by atoms with Crippen molar-refractivity contribution in [3.05, 3.63) is 0 Å². The highest BCUT2D eigenvalue weighted by atomic mass is 32.2. The molecule has 0 fully saturated rings. The minimum absolute atomic E-state index is 5.51. The number of hydrogen-bond acceptors (Lipinski definition) is 2. The molecule has 1 radical (unpaired) electrons. The van der Waals surface area contributed by atoms with Gasteiger partial charge >= 0.3 is 29.2 Å². The van der Waals surface area contributed by atoms with Crippen LogP contribution in [-0.2, 0) is 10.0 Å². The Morgan fingerprint density at radius 1 is 0.600 bits per heavy atom. The normalized spacial score (nSPS) is 16.4. The number of alkyl halides is 11. The maximum atomic E-state index is 12.5. The Bertz CT molecular complexity index is 478. The topological polar surface area (TPSA) is 57.9 Å². The molecule has 3 nitrogen and oxygen atoms in total. The second-order valence-corrected chi connectivity index (χ2v) is 4.76. The Morgan fingerprint density at radius 3 is 1.10 bits per heavy atom. The van der Waals surface area contributed by atoms with Gasteiger partial charge in [-0.3, -0.25) is 0 Å². The molecule has 0 heterocycles. The Labute approximate surface area is 102 Å². The smallest absolute Gasteiger partial charge is 0.204 e. The van der Waals surface area contributed by atoms with Crippen LogP contribution in [0.4, 0.5) is 48.3 Å². The Kier molecular flexibility index (Phi) is 4.13. The van der Waals surface area contributed by atoms with Crippen LogP contribution in [0.15, 0.2) is 0 Å². The molecule has 0 aliphatic carbocycles. The highest BCUT2D eigenvalue weighted by Gasteiger charge is 2.89. The molecule has 0 atom stereocenters. The summed E-state index contributed by atoms with van der Waals surface area (Å²) in [4.78, 5) is 0. The summed E-state index contributed by atoms with van der Waals surface area (Å²) in [6.45, 7) is 0. The monoisotopic (exact) mass is 348 g/mol. The predicted molar refractivity (Wildman–Crippen MR) is 37.9 cm³/mol. The number of rotatable bonds is 4. The van der Waals surface area contributed by atoms with Gasteiger partial charge in [0.05, 0.1) is 0 Å². The van der Waals surface area contributed by atoms with Crippen molar-refractivity contribution in [2.45, 2.75) is 29.2 Å². The lowest BCUT2D eigenvalue weighted by Gasteiger charge is -2.35. The second kappa shape index (κ2) is 4.32. The van der Waals surface area contributed by atoms with Crippen molar-refractivity contribution < 1.29 is 56.7 Å². The molecule has 0 aromatic rings. The summed E-state index contributed by atoms with van der Waals surface area (Å²) >= 11 is 0. The fraction of sp³-hybridized carbons (Fsp3) is 1.00. The molecule has 20 heavy (non-hydrogen) atoms. The first-order valence-corrected chi connectivity index (χ1v) is 5.30. The van der Waals surface area contributed by atoms with Gasteiger partial charge in [-0.15, -0.1) is 5.14 Å². The van der Waals surface area contributed by atoms with Crippen molar-refractivity contribution >= 4 is 10.0 Å². The molecule has 0 rings (SSSR count). The Balaban J connectivity index is 6.22. The summed E-state index contributed by atoms with van der Waals surface area (Å²) < 4.78 is 154. The first-order chi connectivity index (χ1) is 8.25. The van der Waals surface area contributed by atoms with E-state index in [2.05, 4.69) is 0 Å². The molecule has 0 amide bonds. The lowest BCUT2D eigenvalue weighted by atomic mass is 10.0. The molecule has 0 aromatic heterocycles. The first kappa shape index (κ1) is 19.1. The molecule has 15 heteroatoms. The Hall–Kier alpha value is -0.860. The SMILES string of the molecule is [NH]S(=O)(=O)C(F)(F)C(F)(F)C(F)(F)C(F)(F)C(F)(F)F. The first-order valence-electron chi connectivity index (χ1n) is 3.82. The third kappa shape index (κ3) is 2.29. The van der Waals surface area contributed by atoms with Gasteiger partial charge in [-0.1, -0.05) is 0 Å². The van der Waals surface area contributed by atoms with E-state index in [4.69, 9.17) is 5.14 Å². The molecule has 1 N–H and O–H groups in total. The molecule has 0 aromatic carbocycles. The van der Waals surface area contributed by atoms with Gasteiger partial charge in [0.1, 0.15) is 0 Å². The van der Waals surface area contributed by atoms with Crippen LogP contribution in [0.5, 0.6) is 0 Å². The highest BCUT2D eigenvalue weighted by molar-refractivity contribution is 7.89. The minimum atomic E-state index is -7.82. The minimum Gasteiger partial charge on any atom is -0.204 e. The largest absolute Gasteiger partial charge is 0.460 e. The van der Waals surface area contributed by atoms with Gasteiger partial charge in [0.25, 0.3) is 10.0 Å². The molecular formula is C5HF11NO2S. The summed E-state index contributed by atoms with van der Waals surface area (Å²) in [5.74, 6) is -23.2. The van der Waals surface area contributed by atoms with E-state index >= 15 is 0 Å². The molecule has 0 aliphatic rings. The van der Waals surface area contributed by atoms with Gasteiger partial charge in [-0.25, -0.2) is 8.42 Å². The van der Waals surface area contributed by atoms with Crippen molar-refractivity contribution in [3.63, 3.8) is 0 Å². The maximum Gasteiger partial charge on any atom is 0.460 e. The summed E-state index contributed by atoms with van der Waals surface area (Å²) in [6.07, 6.45) is -7.37. The third-order valence-electron chi connectivity index (χ3n) is 1.85. The predicted octanol–water partition coefficient (Wildman–Crippen LogP) is 2.66. The molecule has 0 aliphatic heterocycles. The van der Waals surface area contributed by atoms with Gasteiger partial charge in [0.15, 0.2) is 0 Å². The second-order valence-electron chi connectivity index (χ2n) is 3.24. The van der Waals surface area contributed by atoms with Crippen LogP contribution in [-0.4, -0.2) is 37.6 Å². The van der Waals surface area contributed by atoms with Gasteiger partial charge in [-0.05, 0) is 0 Å². The molecule has 0 spiro atoms. The van der Waals surface area contributed by atoms with Crippen molar-refractivity contribution in [1.82, 2.24) is 5.14 Å². The van der Waals surface area contributed by atoms with Crippen LogP contribution in [0.1, 0.15) is 0 Å². The average Bonchev–Trinajstić information content (AvgIpc) is 2.12. The zero-order valence-corrected chi connectivity index (χ0v) is 9.20.